The van der Waals surface area contributed by atoms with Crippen molar-refractivity contribution in [3.05, 3.63) is 47.5 Å². The summed E-state index contributed by atoms with van der Waals surface area (Å²) in [4.78, 5) is 30.1. The van der Waals surface area contributed by atoms with E-state index in [1.807, 2.05) is 0 Å². The SMILES string of the molecule is COCCOc1ccc(C(F)(F)F)cc1NC(=O)c1cnc(C(=O)O)cn1. The van der Waals surface area contributed by atoms with Crippen LogP contribution in [0.3, 0.4) is 0 Å². The molecule has 0 aliphatic heterocycles. The van der Waals surface area contributed by atoms with E-state index in [1.54, 1.807) is 0 Å². The second kappa shape index (κ2) is 8.45. The maximum atomic E-state index is 12.9. The molecule has 1 heterocycles. The summed E-state index contributed by atoms with van der Waals surface area (Å²) in [5.41, 5.74) is -1.87. The number of hydrogen-bond acceptors (Lipinski definition) is 6. The third-order valence-electron chi connectivity index (χ3n) is 3.20. The molecule has 0 fully saturated rings. The van der Waals surface area contributed by atoms with Crippen LogP contribution in [0.2, 0.25) is 0 Å². The zero-order chi connectivity index (χ0) is 20.0. The third-order valence-corrected chi connectivity index (χ3v) is 3.20. The van der Waals surface area contributed by atoms with E-state index < -0.39 is 23.6 Å². The van der Waals surface area contributed by atoms with Gasteiger partial charge in [-0.1, -0.05) is 0 Å². The van der Waals surface area contributed by atoms with Crippen LogP contribution < -0.4 is 10.1 Å². The van der Waals surface area contributed by atoms with Gasteiger partial charge >= 0.3 is 12.1 Å². The van der Waals surface area contributed by atoms with Gasteiger partial charge < -0.3 is 19.9 Å². The summed E-state index contributed by atoms with van der Waals surface area (Å²) in [6, 6.07) is 2.62. The largest absolute Gasteiger partial charge is 0.489 e. The molecule has 0 aliphatic rings. The molecule has 0 bridgehead atoms. The van der Waals surface area contributed by atoms with E-state index in [4.69, 9.17) is 14.6 Å². The number of anilines is 1. The zero-order valence-electron chi connectivity index (χ0n) is 13.9. The van der Waals surface area contributed by atoms with Crippen molar-refractivity contribution >= 4 is 17.6 Å². The van der Waals surface area contributed by atoms with Crippen molar-refractivity contribution in [2.24, 2.45) is 0 Å². The highest BCUT2D eigenvalue weighted by molar-refractivity contribution is 6.03. The van der Waals surface area contributed by atoms with Crippen molar-refractivity contribution in [3.8, 4) is 5.75 Å². The van der Waals surface area contributed by atoms with Crippen LogP contribution in [0.25, 0.3) is 0 Å². The lowest BCUT2D eigenvalue weighted by Gasteiger charge is -2.15. The number of amides is 1. The van der Waals surface area contributed by atoms with E-state index in [1.165, 1.54) is 7.11 Å². The smallest absolute Gasteiger partial charge is 0.416 e. The number of aromatic carboxylic acids is 1. The Morgan fingerprint density at radius 3 is 2.37 bits per heavy atom. The molecule has 0 saturated heterocycles. The molecule has 0 aliphatic carbocycles. The molecule has 2 N–H and O–H groups in total. The molecule has 2 aromatic rings. The van der Waals surface area contributed by atoms with Crippen LogP contribution in [0, 0.1) is 0 Å². The number of carbonyl (C=O) groups is 2. The summed E-state index contributed by atoms with van der Waals surface area (Å²) in [6.45, 7) is 0.244. The molecule has 8 nitrogen and oxygen atoms in total. The second-order valence-corrected chi connectivity index (χ2v) is 5.10. The predicted octanol–water partition coefficient (Wildman–Crippen LogP) is 2.47. The van der Waals surface area contributed by atoms with E-state index in [-0.39, 0.29) is 36.0 Å². The van der Waals surface area contributed by atoms with Crippen LogP contribution in [-0.2, 0) is 10.9 Å². The van der Waals surface area contributed by atoms with E-state index >= 15 is 0 Å². The quantitative estimate of drug-likeness (QED) is 0.705. The number of benzene rings is 1. The Morgan fingerprint density at radius 2 is 1.81 bits per heavy atom. The van der Waals surface area contributed by atoms with Crippen LogP contribution in [0.4, 0.5) is 18.9 Å². The van der Waals surface area contributed by atoms with Crippen LogP contribution >= 0.6 is 0 Å². The number of carboxylic acid groups (broad SMARTS) is 1. The fourth-order valence-electron chi connectivity index (χ4n) is 1.91. The van der Waals surface area contributed by atoms with Crippen molar-refractivity contribution < 1.29 is 37.3 Å². The van der Waals surface area contributed by atoms with Gasteiger partial charge in [-0.25, -0.2) is 14.8 Å². The molecule has 1 aromatic heterocycles. The second-order valence-electron chi connectivity index (χ2n) is 5.10. The summed E-state index contributed by atoms with van der Waals surface area (Å²) < 4.78 is 48.9. The predicted molar refractivity (Wildman–Crippen MR) is 85.8 cm³/mol. The van der Waals surface area contributed by atoms with E-state index in [9.17, 15) is 22.8 Å². The first-order chi connectivity index (χ1) is 12.7. The number of ether oxygens (including phenoxy) is 2. The topological polar surface area (TPSA) is 111 Å². The summed E-state index contributed by atoms with van der Waals surface area (Å²) >= 11 is 0. The van der Waals surface area contributed by atoms with Gasteiger partial charge in [-0.15, -0.1) is 0 Å². The van der Waals surface area contributed by atoms with Crippen LogP contribution in [0.15, 0.2) is 30.6 Å². The first-order valence-corrected chi connectivity index (χ1v) is 7.42. The minimum atomic E-state index is -4.62. The van der Waals surface area contributed by atoms with Crippen molar-refractivity contribution in [1.82, 2.24) is 9.97 Å². The first-order valence-electron chi connectivity index (χ1n) is 7.42. The Labute approximate surface area is 151 Å². The van der Waals surface area contributed by atoms with Gasteiger partial charge in [0.1, 0.15) is 18.1 Å². The normalized spacial score (nSPS) is 11.1. The van der Waals surface area contributed by atoms with Crippen molar-refractivity contribution in [2.75, 3.05) is 25.6 Å². The van der Waals surface area contributed by atoms with Gasteiger partial charge in [-0.05, 0) is 18.2 Å². The highest BCUT2D eigenvalue weighted by Crippen LogP contribution is 2.35. The highest BCUT2D eigenvalue weighted by Gasteiger charge is 2.31. The number of methoxy groups -OCH3 is 1. The molecular formula is C16H14F3N3O5. The number of rotatable bonds is 7. The van der Waals surface area contributed by atoms with Gasteiger partial charge in [-0.2, -0.15) is 13.2 Å². The van der Waals surface area contributed by atoms with Crippen molar-refractivity contribution in [2.45, 2.75) is 6.18 Å². The van der Waals surface area contributed by atoms with Crippen LogP contribution in [-0.4, -0.2) is 47.3 Å². The molecule has 2 rings (SSSR count). The summed E-state index contributed by atoms with van der Waals surface area (Å²) in [5, 5.41) is 11.0. The molecule has 0 radical (unpaired) electrons. The fourth-order valence-corrected chi connectivity index (χ4v) is 1.91. The van der Waals surface area contributed by atoms with Crippen LogP contribution in [0.5, 0.6) is 5.75 Å². The number of aromatic nitrogens is 2. The van der Waals surface area contributed by atoms with E-state index in [2.05, 4.69) is 15.3 Å². The van der Waals surface area contributed by atoms with Crippen LogP contribution in [0.1, 0.15) is 26.5 Å². The molecule has 27 heavy (non-hydrogen) atoms. The van der Waals surface area contributed by atoms with Gasteiger partial charge in [0.15, 0.2) is 5.69 Å². The van der Waals surface area contributed by atoms with E-state index in [0.717, 1.165) is 30.6 Å². The number of nitrogens with zero attached hydrogens (tertiary/aromatic N) is 2. The zero-order valence-corrected chi connectivity index (χ0v) is 13.9. The minimum Gasteiger partial charge on any atom is -0.489 e. The summed E-state index contributed by atoms with van der Waals surface area (Å²) in [6.07, 6.45) is -2.86. The molecular weight excluding hydrogens is 371 g/mol. The lowest BCUT2D eigenvalue weighted by atomic mass is 10.1. The molecule has 0 saturated carbocycles. The number of halogens is 3. The van der Waals surface area contributed by atoms with Crippen molar-refractivity contribution in [3.63, 3.8) is 0 Å². The molecule has 0 spiro atoms. The number of hydrogen-bond donors (Lipinski definition) is 2. The lowest BCUT2D eigenvalue weighted by Crippen LogP contribution is -2.17. The minimum absolute atomic E-state index is 0.00325. The number of carbonyl (C=O) groups excluding carboxylic acids is 1. The number of nitrogens with one attached hydrogen (secondary N) is 1. The lowest BCUT2D eigenvalue weighted by molar-refractivity contribution is -0.137. The average molecular weight is 385 g/mol. The molecule has 0 unspecified atom stereocenters. The molecule has 1 amide bonds. The summed E-state index contributed by atoms with van der Waals surface area (Å²) in [5.74, 6) is -2.21. The monoisotopic (exact) mass is 385 g/mol. The molecule has 144 valence electrons. The Bertz CT molecular complexity index is 825. The van der Waals surface area contributed by atoms with Gasteiger partial charge in [-0.3, -0.25) is 4.79 Å². The van der Waals surface area contributed by atoms with E-state index in [0.29, 0.717) is 0 Å². The third kappa shape index (κ3) is 5.38. The van der Waals surface area contributed by atoms with Gasteiger partial charge in [0.2, 0.25) is 0 Å². The maximum Gasteiger partial charge on any atom is 0.416 e. The van der Waals surface area contributed by atoms with Crippen molar-refractivity contribution in [1.29, 1.82) is 0 Å². The average Bonchev–Trinajstić information content (AvgIpc) is 2.62. The maximum absolute atomic E-state index is 12.9. The summed E-state index contributed by atoms with van der Waals surface area (Å²) in [7, 11) is 1.43. The molecule has 1 aromatic carbocycles. The molecule has 11 heteroatoms. The first kappa shape index (κ1) is 20.1. The Kier molecular flexibility index (Phi) is 6.29. The van der Waals surface area contributed by atoms with Gasteiger partial charge in [0.05, 0.1) is 30.3 Å². The standard InChI is InChI=1S/C16H14F3N3O5/c1-26-4-5-27-13-3-2-9(16(17,18)19)6-10(13)22-14(23)11-7-21-12(8-20-11)15(24)25/h2-3,6-8H,4-5H2,1H3,(H,22,23)(H,24,25). The molecule has 0 atom stereocenters. The number of carboxylic acids is 1. The fraction of sp³-hybridized carbons (Fsp3) is 0.250. The van der Waals surface area contributed by atoms with Gasteiger partial charge in [0, 0.05) is 7.11 Å². The highest BCUT2D eigenvalue weighted by atomic mass is 19.4. The Hall–Kier alpha value is -3.21. The van der Waals surface area contributed by atoms with Gasteiger partial charge in [0.25, 0.3) is 5.91 Å². The Balaban J connectivity index is 2.27. The Morgan fingerprint density at radius 1 is 1.15 bits per heavy atom. The number of alkyl halides is 3.